The highest BCUT2D eigenvalue weighted by molar-refractivity contribution is 8.18. The average molecular weight is 370 g/mol. The number of imide groups is 1. The summed E-state index contributed by atoms with van der Waals surface area (Å²) in [5, 5.41) is 2.29. The van der Waals surface area contributed by atoms with Gasteiger partial charge in [0.1, 0.15) is 5.82 Å². The highest BCUT2D eigenvalue weighted by atomic mass is 32.2. The van der Waals surface area contributed by atoms with E-state index >= 15 is 0 Å². The van der Waals surface area contributed by atoms with Crippen LogP contribution in [0.2, 0.25) is 0 Å². The van der Waals surface area contributed by atoms with Gasteiger partial charge in [-0.3, -0.25) is 19.3 Å². The van der Waals surface area contributed by atoms with Crippen LogP contribution in [-0.2, 0) is 4.79 Å². The standard InChI is InChI=1S/C19H15FN2O3S/c20-15-8-6-13(7-9-15)12-16-18(24)22(19(25)26-16)11-10-21-17(23)14-4-2-1-3-5-14/h1-9,12H,10-11H2,(H,21,23)/b16-12+. The van der Waals surface area contributed by atoms with Crippen LogP contribution < -0.4 is 5.32 Å². The first-order chi connectivity index (χ1) is 12.5. The number of halogens is 1. The van der Waals surface area contributed by atoms with Gasteiger partial charge in [0, 0.05) is 18.7 Å². The molecule has 0 bridgehead atoms. The van der Waals surface area contributed by atoms with Gasteiger partial charge in [0.15, 0.2) is 0 Å². The number of thioether (sulfide) groups is 1. The third-order valence-electron chi connectivity index (χ3n) is 3.70. The summed E-state index contributed by atoms with van der Waals surface area (Å²) in [6, 6.07) is 14.3. The van der Waals surface area contributed by atoms with Crippen LogP contribution in [0.5, 0.6) is 0 Å². The molecule has 1 aliphatic rings. The third kappa shape index (κ3) is 4.18. The van der Waals surface area contributed by atoms with E-state index in [0.717, 1.165) is 16.7 Å². The van der Waals surface area contributed by atoms with Crippen molar-refractivity contribution in [2.75, 3.05) is 13.1 Å². The highest BCUT2D eigenvalue weighted by Crippen LogP contribution is 2.31. The Morgan fingerprint density at radius 1 is 1.08 bits per heavy atom. The van der Waals surface area contributed by atoms with E-state index in [1.54, 1.807) is 30.3 Å². The van der Waals surface area contributed by atoms with Gasteiger partial charge in [-0.1, -0.05) is 30.3 Å². The summed E-state index contributed by atoms with van der Waals surface area (Å²) >= 11 is 0.828. The molecule has 3 amide bonds. The van der Waals surface area contributed by atoms with E-state index in [1.165, 1.54) is 24.3 Å². The van der Waals surface area contributed by atoms with E-state index < -0.39 is 11.1 Å². The maximum Gasteiger partial charge on any atom is 0.293 e. The molecule has 3 rings (SSSR count). The molecule has 2 aromatic carbocycles. The maximum atomic E-state index is 12.9. The van der Waals surface area contributed by atoms with Gasteiger partial charge in [-0.05, 0) is 47.7 Å². The molecule has 7 heteroatoms. The molecule has 2 aromatic rings. The molecule has 1 fully saturated rings. The van der Waals surface area contributed by atoms with Gasteiger partial charge in [0.2, 0.25) is 0 Å². The molecule has 0 atom stereocenters. The number of rotatable bonds is 5. The minimum Gasteiger partial charge on any atom is -0.350 e. The van der Waals surface area contributed by atoms with E-state index in [2.05, 4.69) is 5.32 Å². The van der Waals surface area contributed by atoms with E-state index in [-0.39, 0.29) is 29.7 Å². The Bertz CT molecular complexity index is 866. The first kappa shape index (κ1) is 17.9. The molecule has 0 radical (unpaired) electrons. The molecule has 1 aliphatic heterocycles. The normalized spacial score (nSPS) is 15.6. The lowest BCUT2D eigenvalue weighted by Gasteiger charge is -2.13. The van der Waals surface area contributed by atoms with Crippen molar-refractivity contribution in [1.82, 2.24) is 10.2 Å². The van der Waals surface area contributed by atoms with E-state index in [0.29, 0.717) is 11.1 Å². The summed E-state index contributed by atoms with van der Waals surface area (Å²) in [7, 11) is 0. The van der Waals surface area contributed by atoms with Gasteiger partial charge >= 0.3 is 0 Å². The molecule has 26 heavy (non-hydrogen) atoms. The fraction of sp³-hybridized carbons (Fsp3) is 0.105. The van der Waals surface area contributed by atoms with Crippen LogP contribution in [0.3, 0.4) is 0 Å². The molecule has 1 heterocycles. The van der Waals surface area contributed by atoms with Crippen LogP contribution >= 0.6 is 11.8 Å². The number of carbonyl (C=O) groups excluding carboxylic acids is 3. The summed E-state index contributed by atoms with van der Waals surface area (Å²) in [4.78, 5) is 37.7. The van der Waals surface area contributed by atoms with Gasteiger partial charge in [-0.15, -0.1) is 0 Å². The zero-order valence-corrected chi connectivity index (χ0v) is 14.5. The third-order valence-corrected chi connectivity index (χ3v) is 4.61. The second kappa shape index (κ2) is 7.97. The molecule has 0 aliphatic carbocycles. The predicted molar refractivity (Wildman–Crippen MR) is 97.9 cm³/mol. The van der Waals surface area contributed by atoms with Crippen LogP contribution in [0.15, 0.2) is 59.5 Å². The Kier molecular flexibility index (Phi) is 5.48. The average Bonchev–Trinajstić information content (AvgIpc) is 2.91. The van der Waals surface area contributed by atoms with Crippen LogP contribution in [-0.4, -0.2) is 35.0 Å². The predicted octanol–water partition coefficient (Wildman–Crippen LogP) is 3.29. The number of carbonyl (C=O) groups is 3. The number of nitrogens with one attached hydrogen (secondary N) is 1. The molecule has 0 saturated carbocycles. The Hall–Kier alpha value is -2.93. The molecular weight excluding hydrogens is 355 g/mol. The summed E-state index contributed by atoms with van der Waals surface area (Å²) in [6.07, 6.45) is 1.55. The molecule has 132 valence electrons. The van der Waals surface area contributed by atoms with E-state index in [1.807, 2.05) is 6.07 Å². The lowest BCUT2D eigenvalue weighted by molar-refractivity contribution is -0.122. The smallest absolute Gasteiger partial charge is 0.293 e. The Morgan fingerprint density at radius 3 is 2.46 bits per heavy atom. The first-order valence-electron chi connectivity index (χ1n) is 7.89. The number of hydrogen-bond acceptors (Lipinski definition) is 4. The van der Waals surface area contributed by atoms with Crippen molar-refractivity contribution in [3.63, 3.8) is 0 Å². The highest BCUT2D eigenvalue weighted by Gasteiger charge is 2.34. The van der Waals surface area contributed by atoms with Crippen molar-refractivity contribution in [3.8, 4) is 0 Å². The maximum absolute atomic E-state index is 12.9. The molecule has 0 unspecified atom stereocenters. The second-order valence-corrected chi connectivity index (χ2v) is 6.50. The van der Waals surface area contributed by atoms with Gasteiger partial charge in [-0.25, -0.2) is 4.39 Å². The fourth-order valence-electron chi connectivity index (χ4n) is 2.38. The van der Waals surface area contributed by atoms with Crippen LogP contribution in [0, 0.1) is 5.82 Å². The summed E-state index contributed by atoms with van der Waals surface area (Å²) in [5.41, 5.74) is 1.15. The largest absolute Gasteiger partial charge is 0.350 e. The first-order valence-corrected chi connectivity index (χ1v) is 8.70. The van der Waals surface area contributed by atoms with Crippen molar-refractivity contribution < 1.29 is 18.8 Å². The quantitative estimate of drug-likeness (QED) is 0.820. The van der Waals surface area contributed by atoms with Crippen molar-refractivity contribution in [1.29, 1.82) is 0 Å². The topological polar surface area (TPSA) is 66.5 Å². The SMILES string of the molecule is O=C(NCCN1C(=O)S/C(=C/c2ccc(F)cc2)C1=O)c1ccccc1. The van der Waals surface area contributed by atoms with Gasteiger partial charge in [0.05, 0.1) is 4.91 Å². The van der Waals surface area contributed by atoms with Crippen molar-refractivity contribution in [2.24, 2.45) is 0 Å². The zero-order valence-electron chi connectivity index (χ0n) is 13.6. The molecule has 0 aromatic heterocycles. The minimum absolute atomic E-state index is 0.0873. The van der Waals surface area contributed by atoms with Gasteiger partial charge < -0.3 is 5.32 Å². The monoisotopic (exact) mass is 370 g/mol. The van der Waals surface area contributed by atoms with Crippen molar-refractivity contribution >= 4 is 34.9 Å². The molecule has 1 N–H and O–H groups in total. The van der Waals surface area contributed by atoms with E-state index in [4.69, 9.17) is 0 Å². The Balaban J connectivity index is 1.59. The summed E-state index contributed by atoms with van der Waals surface area (Å²) in [5.74, 6) is -1.05. The number of hydrogen-bond donors (Lipinski definition) is 1. The second-order valence-electron chi connectivity index (χ2n) is 5.51. The van der Waals surface area contributed by atoms with Crippen molar-refractivity contribution in [2.45, 2.75) is 0 Å². The lowest BCUT2D eigenvalue weighted by atomic mass is 10.2. The summed E-state index contributed by atoms with van der Waals surface area (Å²) in [6.45, 7) is 0.250. The summed E-state index contributed by atoms with van der Waals surface area (Å²) < 4.78 is 12.9. The number of benzene rings is 2. The molecule has 0 spiro atoms. The van der Waals surface area contributed by atoms with Crippen LogP contribution in [0.1, 0.15) is 15.9 Å². The Morgan fingerprint density at radius 2 is 1.77 bits per heavy atom. The number of amides is 3. The van der Waals surface area contributed by atoms with Gasteiger partial charge in [-0.2, -0.15) is 0 Å². The van der Waals surface area contributed by atoms with Crippen molar-refractivity contribution in [3.05, 3.63) is 76.4 Å². The fourth-order valence-corrected chi connectivity index (χ4v) is 3.24. The molecular formula is C19H15FN2O3S. The molecule has 1 saturated heterocycles. The lowest BCUT2D eigenvalue weighted by Crippen LogP contribution is -2.37. The Labute approximate surface area is 153 Å². The number of nitrogens with zero attached hydrogens (tertiary/aromatic N) is 1. The van der Waals surface area contributed by atoms with Crippen LogP contribution in [0.25, 0.3) is 6.08 Å². The zero-order chi connectivity index (χ0) is 18.5. The molecule has 5 nitrogen and oxygen atoms in total. The van der Waals surface area contributed by atoms with E-state index in [9.17, 15) is 18.8 Å². The minimum atomic E-state index is -0.418. The van der Waals surface area contributed by atoms with Crippen LogP contribution in [0.4, 0.5) is 9.18 Å². The van der Waals surface area contributed by atoms with Gasteiger partial charge in [0.25, 0.3) is 17.1 Å².